The molecular formula is C18H24FN3O2S. The molecule has 2 fully saturated rings. The van der Waals surface area contributed by atoms with Gasteiger partial charge in [-0.3, -0.25) is 14.5 Å². The Morgan fingerprint density at radius 3 is 2.60 bits per heavy atom. The minimum atomic E-state index is -0.327. The van der Waals surface area contributed by atoms with Crippen molar-refractivity contribution in [3.8, 4) is 0 Å². The molecule has 2 amide bonds. The van der Waals surface area contributed by atoms with Crippen molar-refractivity contribution in [2.24, 2.45) is 5.92 Å². The smallest absolute Gasteiger partial charge is 0.238 e. The van der Waals surface area contributed by atoms with Gasteiger partial charge in [0, 0.05) is 36.8 Å². The van der Waals surface area contributed by atoms with Gasteiger partial charge in [-0.1, -0.05) is 0 Å². The largest absolute Gasteiger partial charge is 0.341 e. The summed E-state index contributed by atoms with van der Waals surface area (Å²) in [7, 11) is 0. The Hall–Kier alpha value is -1.60. The summed E-state index contributed by atoms with van der Waals surface area (Å²) in [5.41, 5.74) is 0.585. The van der Waals surface area contributed by atoms with Gasteiger partial charge in [0.1, 0.15) is 5.82 Å². The van der Waals surface area contributed by atoms with E-state index in [2.05, 4.69) is 5.32 Å². The molecule has 7 heteroatoms. The molecule has 1 atom stereocenters. The van der Waals surface area contributed by atoms with E-state index in [1.54, 1.807) is 12.1 Å². The third-order valence-electron chi connectivity index (χ3n) is 4.67. The topological polar surface area (TPSA) is 52.7 Å². The fraction of sp³-hybridized carbons (Fsp3) is 0.556. The fourth-order valence-electron chi connectivity index (χ4n) is 3.38. The van der Waals surface area contributed by atoms with Crippen LogP contribution in [-0.2, 0) is 9.59 Å². The molecule has 5 nitrogen and oxygen atoms in total. The zero-order valence-corrected chi connectivity index (χ0v) is 15.1. The van der Waals surface area contributed by atoms with Crippen LogP contribution in [0.15, 0.2) is 24.3 Å². The molecule has 25 heavy (non-hydrogen) atoms. The van der Waals surface area contributed by atoms with Crippen LogP contribution in [-0.4, -0.2) is 65.8 Å². The summed E-state index contributed by atoms with van der Waals surface area (Å²) >= 11 is 1.89. The van der Waals surface area contributed by atoms with Crippen molar-refractivity contribution in [3.63, 3.8) is 0 Å². The first-order valence-corrected chi connectivity index (χ1v) is 9.91. The first-order chi connectivity index (χ1) is 12.1. The van der Waals surface area contributed by atoms with Crippen molar-refractivity contribution in [2.75, 3.05) is 49.5 Å². The van der Waals surface area contributed by atoms with Gasteiger partial charge >= 0.3 is 0 Å². The second kappa shape index (κ2) is 8.67. The number of anilines is 1. The normalized spacial score (nSPS) is 21.8. The quantitative estimate of drug-likeness (QED) is 0.887. The van der Waals surface area contributed by atoms with Crippen molar-refractivity contribution in [1.29, 1.82) is 0 Å². The number of rotatable bonds is 4. The maximum atomic E-state index is 12.9. The summed E-state index contributed by atoms with van der Waals surface area (Å²) in [6.45, 7) is 3.41. The number of hydrogen-bond donors (Lipinski definition) is 1. The summed E-state index contributed by atoms with van der Waals surface area (Å²) in [5.74, 6) is 1.81. The van der Waals surface area contributed by atoms with E-state index in [1.165, 1.54) is 12.1 Å². The van der Waals surface area contributed by atoms with Crippen LogP contribution in [0.25, 0.3) is 0 Å². The number of halogens is 1. The standard InChI is InChI=1S/C18H24FN3O2S/c19-15-3-5-16(6-4-15)20-17(23)13-21-7-1-2-14(12-21)18(24)22-8-10-25-11-9-22/h3-6,14H,1-2,7-13H2,(H,20,23). The van der Waals surface area contributed by atoms with Crippen molar-refractivity contribution in [2.45, 2.75) is 12.8 Å². The van der Waals surface area contributed by atoms with Gasteiger partial charge in [-0.25, -0.2) is 4.39 Å². The van der Waals surface area contributed by atoms with E-state index in [1.807, 2.05) is 21.6 Å². The lowest BCUT2D eigenvalue weighted by atomic mass is 9.96. The number of nitrogens with zero attached hydrogens (tertiary/aromatic N) is 2. The molecule has 136 valence electrons. The third kappa shape index (κ3) is 5.19. The molecule has 2 aliphatic heterocycles. The summed E-state index contributed by atoms with van der Waals surface area (Å²) in [5, 5.41) is 2.78. The van der Waals surface area contributed by atoms with Crippen LogP contribution < -0.4 is 5.32 Å². The predicted octanol–water partition coefficient (Wildman–Crippen LogP) is 2.05. The fourth-order valence-corrected chi connectivity index (χ4v) is 4.28. The number of likely N-dealkylation sites (tertiary alicyclic amines) is 1. The first kappa shape index (κ1) is 18.2. The van der Waals surface area contributed by atoms with E-state index in [0.29, 0.717) is 12.2 Å². The van der Waals surface area contributed by atoms with E-state index < -0.39 is 0 Å². The molecule has 0 bridgehead atoms. The molecular weight excluding hydrogens is 341 g/mol. The maximum absolute atomic E-state index is 12.9. The lowest BCUT2D eigenvalue weighted by Crippen LogP contribution is -2.48. The number of carbonyl (C=O) groups excluding carboxylic acids is 2. The van der Waals surface area contributed by atoms with Crippen LogP contribution in [0.2, 0.25) is 0 Å². The summed E-state index contributed by atoms with van der Waals surface area (Å²) in [4.78, 5) is 28.9. The van der Waals surface area contributed by atoms with Crippen LogP contribution >= 0.6 is 11.8 Å². The highest BCUT2D eigenvalue weighted by Crippen LogP contribution is 2.21. The number of benzene rings is 1. The van der Waals surface area contributed by atoms with Gasteiger partial charge in [0.2, 0.25) is 11.8 Å². The van der Waals surface area contributed by atoms with Crippen LogP contribution in [0.1, 0.15) is 12.8 Å². The summed E-state index contributed by atoms with van der Waals surface area (Å²) in [6, 6.07) is 5.73. The zero-order chi connectivity index (χ0) is 17.6. The number of thioether (sulfide) groups is 1. The van der Waals surface area contributed by atoms with Crippen LogP contribution in [0, 0.1) is 11.7 Å². The van der Waals surface area contributed by atoms with Crippen LogP contribution in [0.3, 0.4) is 0 Å². The minimum Gasteiger partial charge on any atom is -0.341 e. The average Bonchev–Trinajstić information content (AvgIpc) is 2.64. The zero-order valence-electron chi connectivity index (χ0n) is 14.2. The first-order valence-electron chi connectivity index (χ1n) is 8.76. The van der Waals surface area contributed by atoms with Crippen molar-refractivity contribution in [1.82, 2.24) is 9.80 Å². The summed E-state index contributed by atoms with van der Waals surface area (Å²) < 4.78 is 12.9. The van der Waals surface area contributed by atoms with E-state index in [-0.39, 0.29) is 30.1 Å². The predicted molar refractivity (Wildman–Crippen MR) is 98.1 cm³/mol. The average molecular weight is 365 g/mol. The molecule has 1 aromatic rings. The van der Waals surface area contributed by atoms with Gasteiger partial charge in [-0.15, -0.1) is 0 Å². The monoisotopic (exact) mass is 365 g/mol. The molecule has 1 aromatic carbocycles. The Balaban J connectivity index is 1.49. The molecule has 3 rings (SSSR count). The maximum Gasteiger partial charge on any atom is 0.238 e. The molecule has 0 aliphatic carbocycles. The molecule has 1 unspecified atom stereocenters. The summed E-state index contributed by atoms with van der Waals surface area (Å²) in [6.07, 6.45) is 1.83. The highest BCUT2D eigenvalue weighted by atomic mass is 32.2. The van der Waals surface area contributed by atoms with Gasteiger partial charge in [0.25, 0.3) is 0 Å². The molecule has 0 radical (unpaired) electrons. The van der Waals surface area contributed by atoms with Crippen LogP contribution in [0.5, 0.6) is 0 Å². The van der Waals surface area contributed by atoms with E-state index in [9.17, 15) is 14.0 Å². The van der Waals surface area contributed by atoms with E-state index in [0.717, 1.165) is 44.0 Å². The van der Waals surface area contributed by atoms with Gasteiger partial charge in [-0.05, 0) is 43.7 Å². The number of hydrogen-bond acceptors (Lipinski definition) is 4. The number of carbonyl (C=O) groups is 2. The van der Waals surface area contributed by atoms with Crippen molar-refractivity contribution in [3.05, 3.63) is 30.1 Å². The molecule has 2 aliphatic rings. The van der Waals surface area contributed by atoms with Gasteiger partial charge in [0.15, 0.2) is 0 Å². The third-order valence-corrected chi connectivity index (χ3v) is 5.62. The van der Waals surface area contributed by atoms with Gasteiger partial charge < -0.3 is 10.2 Å². The number of amides is 2. The molecule has 0 spiro atoms. The molecule has 1 N–H and O–H groups in total. The Labute approximate surface area is 151 Å². The van der Waals surface area contributed by atoms with E-state index >= 15 is 0 Å². The Morgan fingerprint density at radius 2 is 1.88 bits per heavy atom. The van der Waals surface area contributed by atoms with Crippen LogP contribution in [0.4, 0.5) is 10.1 Å². The minimum absolute atomic E-state index is 0.00419. The highest BCUT2D eigenvalue weighted by molar-refractivity contribution is 7.99. The van der Waals surface area contributed by atoms with Gasteiger partial charge in [-0.2, -0.15) is 11.8 Å². The lowest BCUT2D eigenvalue weighted by molar-refractivity contribution is -0.137. The Bertz CT molecular complexity index is 605. The molecule has 0 saturated carbocycles. The number of nitrogens with one attached hydrogen (secondary N) is 1. The Kier molecular flexibility index (Phi) is 6.31. The Morgan fingerprint density at radius 1 is 1.16 bits per heavy atom. The molecule has 2 heterocycles. The number of piperidine rings is 1. The molecule has 2 saturated heterocycles. The highest BCUT2D eigenvalue weighted by Gasteiger charge is 2.30. The van der Waals surface area contributed by atoms with Crippen molar-refractivity contribution < 1.29 is 14.0 Å². The van der Waals surface area contributed by atoms with Crippen molar-refractivity contribution >= 4 is 29.3 Å². The SMILES string of the molecule is O=C(CN1CCCC(C(=O)N2CCSCC2)C1)Nc1ccc(F)cc1. The second-order valence-electron chi connectivity index (χ2n) is 6.57. The molecule has 0 aromatic heterocycles. The second-order valence-corrected chi connectivity index (χ2v) is 7.79. The lowest BCUT2D eigenvalue weighted by Gasteiger charge is -2.35. The van der Waals surface area contributed by atoms with E-state index in [4.69, 9.17) is 0 Å². The van der Waals surface area contributed by atoms with Gasteiger partial charge in [0.05, 0.1) is 12.5 Å².